The molecule has 0 N–H and O–H groups in total. The number of halogens is 3. The maximum Gasteiger partial charge on any atom is 0.401 e. The SMILES string of the molecule is CC1CN(Cc2cnn3ccccc23)CCN(CC(F)(F)F)C1. The number of pyridine rings is 1. The van der Waals surface area contributed by atoms with Crippen LogP contribution in [0.25, 0.3) is 5.52 Å². The molecule has 0 aliphatic carbocycles. The average molecular weight is 326 g/mol. The molecule has 0 saturated carbocycles. The van der Waals surface area contributed by atoms with Gasteiger partial charge in [-0.2, -0.15) is 18.3 Å². The van der Waals surface area contributed by atoms with E-state index < -0.39 is 12.7 Å². The molecule has 1 unspecified atom stereocenters. The van der Waals surface area contributed by atoms with Crippen molar-refractivity contribution in [2.24, 2.45) is 5.92 Å². The van der Waals surface area contributed by atoms with Gasteiger partial charge in [0.15, 0.2) is 0 Å². The van der Waals surface area contributed by atoms with Crippen molar-refractivity contribution in [2.45, 2.75) is 19.6 Å². The normalized spacial score (nSPS) is 21.7. The summed E-state index contributed by atoms with van der Waals surface area (Å²) < 4.78 is 39.7. The number of alkyl halides is 3. The minimum absolute atomic E-state index is 0.210. The van der Waals surface area contributed by atoms with Crippen molar-refractivity contribution in [3.8, 4) is 0 Å². The molecule has 0 amide bonds. The van der Waals surface area contributed by atoms with Gasteiger partial charge in [0.1, 0.15) is 0 Å². The monoisotopic (exact) mass is 326 g/mol. The summed E-state index contributed by atoms with van der Waals surface area (Å²) in [5, 5.41) is 4.32. The maximum atomic E-state index is 12.6. The molecule has 126 valence electrons. The van der Waals surface area contributed by atoms with Crippen LogP contribution >= 0.6 is 0 Å². The van der Waals surface area contributed by atoms with Crippen LogP contribution in [0.2, 0.25) is 0 Å². The van der Waals surface area contributed by atoms with Gasteiger partial charge in [-0.15, -0.1) is 0 Å². The second-order valence-electron chi connectivity index (χ2n) is 6.39. The highest BCUT2D eigenvalue weighted by Crippen LogP contribution is 2.20. The highest BCUT2D eigenvalue weighted by Gasteiger charge is 2.32. The molecule has 1 atom stereocenters. The van der Waals surface area contributed by atoms with Gasteiger partial charge in [-0.1, -0.05) is 13.0 Å². The summed E-state index contributed by atoms with van der Waals surface area (Å²) in [6, 6.07) is 5.91. The summed E-state index contributed by atoms with van der Waals surface area (Å²) in [6.45, 7) is 4.30. The first-order valence-corrected chi connectivity index (χ1v) is 7.83. The van der Waals surface area contributed by atoms with Crippen LogP contribution in [0.15, 0.2) is 30.6 Å². The number of hydrogen-bond acceptors (Lipinski definition) is 3. The van der Waals surface area contributed by atoms with E-state index in [9.17, 15) is 13.2 Å². The van der Waals surface area contributed by atoms with Crippen molar-refractivity contribution in [1.82, 2.24) is 19.4 Å². The summed E-state index contributed by atoms with van der Waals surface area (Å²) in [4.78, 5) is 3.74. The van der Waals surface area contributed by atoms with Gasteiger partial charge in [0.25, 0.3) is 0 Å². The average Bonchev–Trinajstić information content (AvgIpc) is 2.77. The molecule has 1 aliphatic heterocycles. The first-order valence-electron chi connectivity index (χ1n) is 7.83. The fourth-order valence-electron chi connectivity index (χ4n) is 3.30. The Hall–Kier alpha value is -1.60. The van der Waals surface area contributed by atoms with Gasteiger partial charge in [-0.25, -0.2) is 4.52 Å². The molecule has 1 aliphatic rings. The summed E-state index contributed by atoms with van der Waals surface area (Å²) >= 11 is 0. The van der Waals surface area contributed by atoms with Crippen molar-refractivity contribution >= 4 is 5.52 Å². The number of aromatic nitrogens is 2. The van der Waals surface area contributed by atoms with Crippen molar-refractivity contribution in [3.05, 3.63) is 36.2 Å². The molecule has 0 bridgehead atoms. The Bertz CT molecular complexity index is 652. The van der Waals surface area contributed by atoms with Gasteiger partial charge >= 0.3 is 6.18 Å². The zero-order valence-corrected chi connectivity index (χ0v) is 13.1. The second kappa shape index (κ2) is 6.49. The van der Waals surface area contributed by atoms with Crippen molar-refractivity contribution in [2.75, 3.05) is 32.7 Å². The van der Waals surface area contributed by atoms with E-state index in [0.717, 1.165) is 24.2 Å². The Labute approximate surface area is 133 Å². The predicted octanol–water partition coefficient (Wildman–Crippen LogP) is 2.65. The third-order valence-corrected chi connectivity index (χ3v) is 4.18. The van der Waals surface area contributed by atoms with E-state index in [-0.39, 0.29) is 5.92 Å². The predicted molar refractivity (Wildman–Crippen MR) is 82.1 cm³/mol. The van der Waals surface area contributed by atoms with Gasteiger partial charge in [0, 0.05) is 44.5 Å². The third-order valence-electron chi connectivity index (χ3n) is 4.18. The number of hydrogen-bond donors (Lipinski definition) is 0. The fourth-order valence-corrected chi connectivity index (χ4v) is 3.30. The lowest BCUT2D eigenvalue weighted by Gasteiger charge is -2.22. The zero-order chi connectivity index (χ0) is 16.4. The Morgan fingerprint density at radius 1 is 1.17 bits per heavy atom. The number of rotatable bonds is 3. The minimum Gasteiger partial charge on any atom is -0.297 e. The van der Waals surface area contributed by atoms with Crippen molar-refractivity contribution in [1.29, 1.82) is 0 Å². The minimum atomic E-state index is -4.13. The van der Waals surface area contributed by atoms with Crippen LogP contribution in [0.4, 0.5) is 13.2 Å². The summed E-state index contributed by atoms with van der Waals surface area (Å²) in [7, 11) is 0. The largest absolute Gasteiger partial charge is 0.401 e. The van der Waals surface area contributed by atoms with Crippen LogP contribution < -0.4 is 0 Å². The van der Waals surface area contributed by atoms with Gasteiger partial charge in [0.2, 0.25) is 0 Å². The van der Waals surface area contributed by atoms with E-state index in [2.05, 4.69) is 10.00 Å². The van der Waals surface area contributed by atoms with E-state index in [1.807, 2.05) is 42.0 Å². The van der Waals surface area contributed by atoms with Crippen LogP contribution in [0.5, 0.6) is 0 Å². The molecule has 3 heterocycles. The van der Waals surface area contributed by atoms with Gasteiger partial charge < -0.3 is 0 Å². The van der Waals surface area contributed by atoms with Crippen LogP contribution in [-0.2, 0) is 6.54 Å². The quantitative estimate of drug-likeness (QED) is 0.866. The summed E-state index contributed by atoms with van der Waals surface area (Å²) in [6.07, 6.45) is -0.384. The third kappa shape index (κ3) is 4.23. The van der Waals surface area contributed by atoms with E-state index in [0.29, 0.717) is 19.6 Å². The fraction of sp³-hybridized carbons (Fsp3) is 0.562. The molecule has 23 heavy (non-hydrogen) atoms. The maximum absolute atomic E-state index is 12.6. The van der Waals surface area contributed by atoms with E-state index in [4.69, 9.17) is 0 Å². The lowest BCUT2D eigenvalue weighted by molar-refractivity contribution is -0.146. The number of nitrogens with zero attached hydrogens (tertiary/aromatic N) is 4. The zero-order valence-electron chi connectivity index (χ0n) is 13.1. The van der Waals surface area contributed by atoms with Crippen LogP contribution in [0, 0.1) is 5.92 Å². The molecular weight excluding hydrogens is 305 g/mol. The highest BCUT2D eigenvalue weighted by molar-refractivity contribution is 5.53. The Morgan fingerprint density at radius 2 is 1.91 bits per heavy atom. The molecule has 1 saturated heterocycles. The van der Waals surface area contributed by atoms with Gasteiger partial charge in [-0.3, -0.25) is 9.80 Å². The Morgan fingerprint density at radius 3 is 2.70 bits per heavy atom. The molecule has 2 aromatic heterocycles. The second-order valence-corrected chi connectivity index (χ2v) is 6.39. The topological polar surface area (TPSA) is 23.8 Å². The van der Waals surface area contributed by atoms with Gasteiger partial charge in [-0.05, 0) is 18.1 Å². The van der Waals surface area contributed by atoms with E-state index in [1.54, 1.807) is 0 Å². The summed E-state index contributed by atoms with van der Waals surface area (Å²) in [5.41, 5.74) is 2.17. The molecule has 7 heteroatoms. The first-order chi connectivity index (χ1) is 10.9. The molecular formula is C16H21F3N4. The van der Waals surface area contributed by atoms with E-state index >= 15 is 0 Å². The molecule has 0 aromatic carbocycles. The van der Waals surface area contributed by atoms with E-state index in [1.165, 1.54) is 4.90 Å². The Balaban J connectivity index is 1.67. The smallest absolute Gasteiger partial charge is 0.297 e. The summed E-state index contributed by atoms with van der Waals surface area (Å²) in [5.74, 6) is 0.210. The molecule has 4 nitrogen and oxygen atoms in total. The first kappa shape index (κ1) is 16.3. The molecule has 2 aromatic rings. The van der Waals surface area contributed by atoms with Crippen molar-refractivity contribution in [3.63, 3.8) is 0 Å². The lowest BCUT2D eigenvalue weighted by atomic mass is 10.1. The van der Waals surface area contributed by atoms with Crippen LogP contribution in [0.3, 0.4) is 0 Å². The lowest BCUT2D eigenvalue weighted by Crippen LogP contribution is -2.37. The molecule has 1 fully saturated rings. The molecule has 0 radical (unpaired) electrons. The van der Waals surface area contributed by atoms with Gasteiger partial charge in [0.05, 0.1) is 18.3 Å². The highest BCUT2D eigenvalue weighted by atomic mass is 19.4. The van der Waals surface area contributed by atoms with Crippen molar-refractivity contribution < 1.29 is 13.2 Å². The standard InChI is InChI=1S/C16H21F3N4/c1-13-9-21(6-7-22(10-13)12-16(17,18)19)11-14-8-20-23-5-3-2-4-15(14)23/h2-5,8,13H,6-7,9-12H2,1H3. The Kier molecular flexibility index (Phi) is 4.59. The molecule has 3 rings (SSSR count). The molecule has 0 spiro atoms. The van der Waals surface area contributed by atoms with Crippen LogP contribution in [0.1, 0.15) is 12.5 Å². The number of fused-ring (bicyclic) bond motifs is 1. The van der Waals surface area contributed by atoms with Crippen LogP contribution in [-0.4, -0.2) is 58.3 Å².